The maximum atomic E-state index is 12.6. The quantitative estimate of drug-likeness (QED) is 0.661. The molecule has 3 N–H and O–H groups in total. The number of aromatic nitrogens is 1. The van der Waals surface area contributed by atoms with Crippen molar-refractivity contribution >= 4 is 17.4 Å². The van der Waals surface area contributed by atoms with E-state index in [1.165, 1.54) is 4.90 Å². The van der Waals surface area contributed by atoms with Crippen LogP contribution in [0.1, 0.15) is 21.6 Å². The number of hydrazine groups is 1. The lowest BCUT2D eigenvalue weighted by Crippen LogP contribution is -2.27. The monoisotopic (exact) mass is 281 g/mol. The Morgan fingerprint density at radius 1 is 1.38 bits per heavy atom. The molecular weight excluding hydrogens is 266 g/mol. The van der Waals surface area contributed by atoms with E-state index in [1.807, 2.05) is 0 Å². The van der Waals surface area contributed by atoms with Crippen LogP contribution >= 0.6 is 0 Å². The van der Waals surface area contributed by atoms with E-state index in [9.17, 15) is 4.79 Å². The van der Waals surface area contributed by atoms with Crippen LogP contribution in [0.3, 0.4) is 0 Å². The van der Waals surface area contributed by atoms with Gasteiger partial charge in [0, 0.05) is 18.3 Å². The van der Waals surface area contributed by atoms with Gasteiger partial charge in [-0.3, -0.25) is 4.79 Å². The highest BCUT2D eigenvalue weighted by molar-refractivity contribution is 6.06. The summed E-state index contributed by atoms with van der Waals surface area (Å²) >= 11 is 0. The third-order valence-electron chi connectivity index (χ3n) is 3.04. The van der Waals surface area contributed by atoms with Crippen molar-refractivity contribution in [2.45, 2.75) is 6.92 Å². The van der Waals surface area contributed by atoms with Crippen LogP contribution in [0.2, 0.25) is 0 Å². The van der Waals surface area contributed by atoms with Crippen molar-refractivity contribution in [2.24, 2.45) is 5.84 Å². The normalized spacial score (nSPS) is 9.81. The number of hydrogen-bond donors (Lipinski definition) is 2. The van der Waals surface area contributed by atoms with E-state index < -0.39 is 0 Å². The molecule has 2 rings (SSSR count). The fourth-order valence-electron chi connectivity index (χ4n) is 2.03. The lowest BCUT2D eigenvalue weighted by atomic mass is 10.1. The number of hydrogen-bond acceptors (Lipinski definition) is 5. The number of nitriles is 1. The van der Waals surface area contributed by atoms with Gasteiger partial charge in [0.15, 0.2) is 0 Å². The molecule has 6 nitrogen and oxygen atoms in total. The van der Waals surface area contributed by atoms with E-state index in [2.05, 4.69) is 16.5 Å². The van der Waals surface area contributed by atoms with Gasteiger partial charge in [-0.05, 0) is 31.2 Å². The van der Waals surface area contributed by atoms with Crippen LogP contribution < -0.4 is 16.2 Å². The lowest BCUT2D eigenvalue weighted by Gasteiger charge is -2.19. The fraction of sp³-hybridized carbons (Fsp3) is 0.133. The molecule has 0 fully saturated rings. The Balaban J connectivity index is 2.40. The van der Waals surface area contributed by atoms with Gasteiger partial charge in [0.2, 0.25) is 0 Å². The highest BCUT2D eigenvalue weighted by Crippen LogP contribution is 2.21. The van der Waals surface area contributed by atoms with Gasteiger partial charge in [0.25, 0.3) is 5.91 Å². The topological polar surface area (TPSA) is 95.0 Å². The van der Waals surface area contributed by atoms with E-state index >= 15 is 0 Å². The molecule has 0 radical (unpaired) electrons. The second-order valence-electron chi connectivity index (χ2n) is 4.52. The second-order valence-corrected chi connectivity index (χ2v) is 4.52. The molecule has 1 amide bonds. The van der Waals surface area contributed by atoms with E-state index in [0.29, 0.717) is 28.3 Å². The predicted molar refractivity (Wildman–Crippen MR) is 80.7 cm³/mol. The minimum absolute atomic E-state index is 0.236. The molecule has 0 unspecified atom stereocenters. The van der Waals surface area contributed by atoms with Crippen LogP contribution in [-0.2, 0) is 0 Å². The summed E-state index contributed by atoms with van der Waals surface area (Å²) in [6.45, 7) is 1.78. The first-order valence-corrected chi connectivity index (χ1v) is 6.29. The number of nitrogens with one attached hydrogen (secondary N) is 1. The Kier molecular flexibility index (Phi) is 4.16. The molecule has 0 aliphatic heterocycles. The number of para-hydroxylation sites is 1. The van der Waals surface area contributed by atoms with Crippen molar-refractivity contribution in [1.29, 1.82) is 5.26 Å². The number of carbonyl (C=O) groups excluding carboxylic acids is 1. The number of nitrogens with two attached hydrogens (primary N) is 1. The van der Waals surface area contributed by atoms with Crippen molar-refractivity contribution < 1.29 is 4.79 Å². The zero-order chi connectivity index (χ0) is 15.4. The van der Waals surface area contributed by atoms with Gasteiger partial charge in [-0.2, -0.15) is 5.26 Å². The standard InChI is InChI=1S/C15H15N5O/c1-10-7-12(8-14(18-10)19-17)15(21)20(2)13-6-4-3-5-11(13)9-16/h3-8H,17H2,1-2H3,(H,18,19). The van der Waals surface area contributed by atoms with Crippen molar-refractivity contribution in [3.63, 3.8) is 0 Å². The Hall–Kier alpha value is -2.91. The van der Waals surface area contributed by atoms with E-state index in [4.69, 9.17) is 11.1 Å². The predicted octanol–water partition coefficient (Wildman–Crippen LogP) is 1.82. The van der Waals surface area contributed by atoms with Crippen molar-refractivity contribution in [3.8, 4) is 6.07 Å². The van der Waals surface area contributed by atoms with Gasteiger partial charge in [-0.15, -0.1) is 0 Å². The third-order valence-corrected chi connectivity index (χ3v) is 3.04. The molecule has 0 aliphatic carbocycles. The zero-order valence-electron chi connectivity index (χ0n) is 11.8. The molecule has 0 saturated carbocycles. The van der Waals surface area contributed by atoms with E-state index in [1.54, 1.807) is 50.4 Å². The summed E-state index contributed by atoms with van der Waals surface area (Å²) in [4.78, 5) is 18.1. The molecule has 2 aromatic rings. The van der Waals surface area contributed by atoms with Crippen molar-refractivity contribution in [3.05, 3.63) is 53.2 Å². The van der Waals surface area contributed by atoms with Crippen molar-refractivity contribution in [2.75, 3.05) is 17.4 Å². The van der Waals surface area contributed by atoms with Gasteiger partial charge in [-0.25, -0.2) is 10.8 Å². The van der Waals surface area contributed by atoms with Crippen LogP contribution in [0.25, 0.3) is 0 Å². The van der Waals surface area contributed by atoms with Gasteiger partial charge in [0.1, 0.15) is 11.9 Å². The molecule has 6 heteroatoms. The molecule has 0 aliphatic rings. The number of nitrogens with zero attached hydrogens (tertiary/aromatic N) is 3. The number of carbonyl (C=O) groups is 1. The van der Waals surface area contributed by atoms with Gasteiger partial charge < -0.3 is 10.3 Å². The van der Waals surface area contributed by atoms with Crippen molar-refractivity contribution in [1.82, 2.24) is 4.98 Å². The number of pyridine rings is 1. The number of rotatable bonds is 3. The van der Waals surface area contributed by atoms with Crippen LogP contribution in [0.15, 0.2) is 36.4 Å². The molecule has 0 spiro atoms. The first-order valence-electron chi connectivity index (χ1n) is 6.29. The number of amides is 1. The largest absolute Gasteiger partial charge is 0.310 e. The second kappa shape index (κ2) is 6.03. The first-order chi connectivity index (χ1) is 10.1. The number of anilines is 2. The van der Waals surface area contributed by atoms with Crippen LogP contribution in [-0.4, -0.2) is 17.9 Å². The Morgan fingerprint density at radius 3 is 2.76 bits per heavy atom. The number of aryl methyl sites for hydroxylation is 1. The number of nitrogen functional groups attached to an aromatic ring is 1. The smallest absolute Gasteiger partial charge is 0.258 e. The zero-order valence-corrected chi connectivity index (χ0v) is 11.8. The molecule has 1 aromatic carbocycles. The summed E-state index contributed by atoms with van der Waals surface area (Å²) in [7, 11) is 1.63. The molecule has 21 heavy (non-hydrogen) atoms. The molecule has 0 atom stereocenters. The Labute approximate surface area is 122 Å². The average molecular weight is 281 g/mol. The average Bonchev–Trinajstić information content (AvgIpc) is 2.52. The number of benzene rings is 1. The summed E-state index contributed by atoms with van der Waals surface area (Å²) in [6, 6.07) is 12.3. The summed E-state index contributed by atoms with van der Waals surface area (Å²) in [6.07, 6.45) is 0. The maximum absolute atomic E-state index is 12.6. The lowest BCUT2D eigenvalue weighted by molar-refractivity contribution is 0.0993. The molecule has 0 bridgehead atoms. The third kappa shape index (κ3) is 2.99. The minimum atomic E-state index is -0.236. The summed E-state index contributed by atoms with van der Waals surface area (Å²) in [5.41, 5.74) is 4.55. The van der Waals surface area contributed by atoms with Crippen LogP contribution in [0, 0.1) is 18.3 Å². The fourth-order valence-corrected chi connectivity index (χ4v) is 2.03. The first kappa shape index (κ1) is 14.5. The SMILES string of the molecule is Cc1cc(C(=O)N(C)c2ccccc2C#N)cc(NN)n1. The molecule has 0 saturated heterocycles. The Morgan fingerprint density at radius 2 is 2.10 bits per heavy atom. The van der Waals surface area contributed by atoms with Crippen LogP contribution in [0.5, 0.6) is 0 Å². The van der Waals surface area contributed by atoms with E-state index in [0.717, 1.165) is 0 Å². The molecule has 1 aromatic heterocycles. The van der Waals surface area contributed by atoms with Crippen LogP contribution in [0.4, 0.5) is 11.5 Å². The van der Waals surface area contributed by atoms with E-state index in [-0.39, 0.29) is 5.91 Å². The molecular formula is C15H15N5O. The Bertz CT molecular complexity index is 720. The highest BCUT2D eigenvalue weighted by atomic mass is 16.2. The van der Waals surface area contributed by atoms with Gasteiger partial charge in [-0.1, -0.05) is 12.1 Å². The summed E-state index contributed by atoms with van der Waals surface area (Å²) in [5.74, 6) is 5.52. The van der Waals surface area contributed by atoms with Gasteiger partial charge in [0.05, 0.1) is 11.3 Å². The molecule has 106 valence electrons. The highest BCUT2D eigenvalue weighted by Gasteiger charge is 2.17. The summed E-state index contributed by atoms with van der Waals surface area (Å²) in [5, 5.41) is 9.12. The maximum Gasteiger partial charge on any atom is 0.258 e. The molecule has 1 heterocycles. The summed E-state index contributed by atoms with van der Waals surface area (Å²) < 4.78 is 0. The van der Waals surface area contributed by atoms with Gasteiger partial charge >= 0.3 is 0 Å². The minimum Gasteiger partial charge on any atom is -0.310 e.